The number of carboxylic acid groups (broad SMARTS) is 1. The summed E-state index contributed by atoms with van der Waals surface area (Å²) < 4.78 is 10.3. The standard InChI is InChI=1S/C12H15NO5/c14-11(9-3-4-10(18-9)12(15)16)13-6-5-8-2-1-7-17-8/h1-2,7,9-10H,3-6H2,(H,13,14)(H,15,16). The molecule has 2 N–H and O–H groups in total. The minimum Gasteiger partial charge on any atom is -0.479 e. The third-order valence-electron chi connectivity index (χ3n) is 2.84. The van der Waals surface area contributed by atoms with E-state index in [-0.39, 0.29) is 5.91 Å². The molecule has 1 aromatic rings. The van der Waals surface area contributed by atoms with E-state index >= 15 is 0 Å². The molecule has 98 valence electrons. The molecule has 0 aliphatic carbocycles. The van der Waals surface area contributed by atoms with Gasteiger partial charge in [-0.15, -0.1) is 0 Å². The Kier molecular flexibility index (Phi) is 3.99. The van der Waals surface area contributed by atoms with Crippen LogP contribution < -0.4 is 5.32 Å². The van der Waals surface area contributed by atoms with Gasteiger partial charge in [-0.3, -0.25) is 4.79 Å². The molecule has 0 spiro atoms. The lowest BCUT2D eigenvalue weighted by atomic mass is 10.2. The van der Waals surface area contributed by atoms with Crippen LogP contribution in [-0.4, -0.2) is 35.7 Å². The van der Waals surface area contributed by atoms with Crippen LogP contribution >= 0.6 is 0 Å². The third kappa shape index (κ3) is 3.10. The highest BCUT2D eigenvalue weighted by Gasteiger charge is 2.34. The highest BCUT2D eigenvalue weighted by molar-refractivity contribution is 5.82. The van der Waals surface area contributed by atoms with Crippen LogP contribution in [0.1, 0.15) is 18.6 Å². The number of nitrogens with one attached hydrogen (secondary N) is 1. The van der Waals surface area contributed by atoms with E-state index < -0.39 is 18.2 Å². The van der Waals surface area contributed by atoms with Crippen LogP contribution in [0.5, 0.6) is 0 Å². The van der Waals surface area contributed by atoms with Crippen LogP contribution in [0.25, 0.3) is 0 Å². The van der Waals surface area contributed by atoms with Gasteiger partial charge in [0.15, 0.2) is 6.10 Å². The van der Waals surface area contributed by atoms with Crippen LogP contribution in [0.2, 0.25) is 0 Å². The number of rotatable bonds is 5. The molecule has 6 nitrogen and oxygen atoms in total. The van der Waals surface area contributed by atoms with Crippen LogP contribution in [0.4, 0.5) is 0 Å². The summed E-state index contributed by atoms with van der Waals surface area (Å²) in [5, 5.41) is 11.5. The topological polar surface area (TPSA) is 88.8 Å². The number of carbonyl (C=O) groups excluding carboxylic acids is 1. The highest BCUT2D eigenvalue weighted by atomic mass is 16.5. The summed E-state index contributed by atoms with van der Waals surface area (Å²) >= 11 is 0. The van der Waals surface area contributed by atoms with E-state index in [1.165, 1.54) is 0 Å². The predicted molar refractivity (Wildman–Crippen MR) is 61.0 cm³/mol. The average Bonchev–Trinajstić information content (AvgIpc) is 2.99. The zero-order valence-corrected chi connectivity index (χ0v) is 9.80. The number of hydrogen-bond acceptors (Lipinski definition) is 4. The Morgan fingerprint density at radius 2 is 2.17 bits per heavy atom. The molecule has 2 rings (SSSR count). The van der Waals surface area contributed by atoms with Crippen molar-refractivity contribution in [3.8, 4) is 0 Å². The molecule has 2 unspecified atom stereocenters. The summed E-state index contributed by atoms with van der Waals surface area (Å²) in [7, 11) is 0. The second-order valence-electron chi connectivity index (χ2n) is 4.15. The molecule has 1 aromatic heterocycles. The molecule has 1 aliphatic heterocycles. The minimum absolute atomic E-state index is 0.259. The summed E-state index contributed by atoms with van der Waals surface area (Å²) in [6, 6.07) is 3.62. The lowest BCUT2D eigenvalue weighted by Gasteiger charge is -2.11. The zero-order chi connectivity index (χ0) is 13.0. The maximum absolute atomic E-state index is 11.7. The zero-order valence-electron chi connectivity index (χ0n) is 9.80. The van der Waals surface area contributed by atoms with Gasteiger partial charge in [-0.05, 0) is 25.0 Å². The smallest absolute Gasteiger partial charge is 0.332 e. The predicted octanol–water partition coefficient (Wildman–Crippen LogP) is 0.570. The molecule has 1 aliphatic rings. The minimum atomic E-state index is -1.01. The first kappa shape index (κ1) is 12.6. The van der Waals surface area contributed by atoms with E-state index in [1.807, 2.05) is 6.07 Å². The quantitative estimate of drug-likeness (QED) is 0.800. The molecule has 0 saturated carbocycles. The van der Waals surface area contributed by atoms with Crippen molar-refractivity contribution < 1.29 is 23.8 Å². The molecule has 18 heavy (non-hydrogen) atoms. The fourth-order valence-corrected chi connectivity index (χ4v) is 1.89. The van der Waals surface area contributed by atoms with Gasteiger partial charge in [-0.2, -0.15) is 0 Å². The van der Waals surface area contributed by atoms with Gasteiger partial charge in [-0.25, -0.2) is 4.79 Å². The van der Waals surface area contributed by atoms with Gasteiger partial charge in [-0.1, -0.05) is 0 Å². The Morgan fingerprint density at radius 3 is 2.78 bits per heavy atom. The monoisotopic (exact) mass is 253 g/mol. The lowest BCUT2D eigenvalue weighted by Crippen LogP contribution is -2.36. The Morgan fingerprint density at radius 1 is 1.39 bits per heavy atom. The molecule has 0 aromatic carbocycles. The molecule has 2 heterocycles. The van der Waals surface area contributed by atoms with Crippen LogP contribution in [0.15, 0.2) is 22.8 Å². The molecule has 1 saturated heterocycles. The largest absolute Gasteiger partial charge is 0.479 e. The summed E-state index contributed by atoms with van der Waals surface area (Å²) in [5.41, 5.74) is 0. The normalized spacial score (nSPS) is 22.9. The summed E-state index contributed by atoms with van der Waals surface area (Å²) in [4.78, 5) is 22.4. The van der Waals surface area contributed by atoms with Crippen LogP contribution in [-0.2, 0) is 20.7 Å². The van der Waals surface area contributed by atoms with Gasteiger partial charge >= 0.3 is 5.97 Å². The van der Waals surface area contributed by atoms with Gasteiger partial charge in [0, 0.05) is 13.0 Å². The maximum atomic E-state index is 11.7. The van der Waals surface area contributed by atoms with Crippen molar-refractivity contribution in [1.82, 2.24) is 5.32 Å². The summed E-state index contributed by atoms with van der Waals surface area (Å²) in [6.45, 7) is 0.448. The van der Waals surface area contributed by atoms with Crippen LogP contribution in [0, 0.1) is 0 Å². The van der Waals surface area contributed by atoms with Gasteiger partial charge in [0.2, 0.25) is 5.91 Å². The maximum Gasteiger partial charge on any atom is 0.332 e. The Bertz CT molecular complexity index is 414. The number of furan rings is 1. The van der Waals surface area contributed by atoms with Crippen molar-refractivity contribution in [2.24, 2.45) is 0 Å². The Balaban J connectivity index is 1.71. The molecule has 6 heteroatoms. The van der Waals surface area contributed by atoms with E-state index in [9.17, 15) is 9.59 Å². The van der Waals surface area contributed by atoms with Crippen LogP contribution in [0.3, 0.4) is 0 Å². The van der Waals surface area contributed by atoms with E-state index in [2.05, 4.69) is 5.32 Å². The fraction of sp³-hybridized carbons (Fsp3) is 0.500. The van der Waals surface area contributed by atoms with Crippen molar-refractivity contribution in [1.29, 1.82) is 0 Å². The van der Waals surface area contributed by atoms with E-state index in [0.717, 1.165) is 5.76 Å². The van der Waals surface area contributed by atoms with Crippen molar-refractivity contribution in [3.63, 3.8) is 0 Å². The van der Waals surface area contributed by atoms with E-state index in [1.54, 1.807) is 12.3 Å². The number of carbonyl (C=O) groups is 2. The molecular weight excluding hydrogens is 238 g/mol. The molecule has 1 fully saturated rings. The second-order valence-corrected chi connectivity index (χ2v) is 4.15. The first-order valence-electron chi connectivity index (χ1n) is 5.85. The molecule has 2 atom stereocenters. The number of hydrogen-bond donors (Lipinski definition) is 2. The summed E-state index contributed by atoms with van der Waals surface area (Å²) in [6.07, 6.45) is 1.51. The highest BCUT2D eigenvalue weighted by Crippen LogP contribution is 2.19. The fourth-order valence-electron chi connectivity index (χ4n) is 1.89. The third-order valence-corrected chi connectivity index (χ3v) is 2.84. The summed E-state index contributed by atoms with van der Waals surface area (Å²) in [5.74, 6) is -0.475. The Labute approximate surface area is 104 Å². The average molecular weight is 253 g/mol. The number of amides is 1. The number of ether oxygens (including phenoxy) is 1. The SMILES string of the molecule is O=C(O)C1CCC(C(=O)NCCc2ccco2)O1. The van der Waals surface area contributed by atoms with E-state index in [4.69, 9.17) is 14.3 Å². The van der Waals surface area contributed by atoms with Crippen molar-refractivity contribution in [3.05, 3.63) is 24.2 Å². The second kappa shape index (κ2) is 5.68. The molecule has 0 radical (unpaired) electrons. The van der Waals surface area contributed by atoms with Crippen molar-refractivity contribution in [2.75, 3.05) is 6.54 Å². The molecular formula is C12H15NO5. The van der Waals surface area contributed by atoms with Gasteiger partial charge in [0.25, 0.3) is 0 Å². The van der Waals surface area contributed by atoms with Gasteiger partial charge in [0.1, 0.15) is 11.9 Å². The van der Waals surface area contributed by atoms with Crippen molar-refractivity contribution >= 4 is 11.9 Å². The van der Waals surface area contributed by atoms with E-state index in [0.29, 0.717) is 25.8 Å². The number of carboxylic acids is 1. The number of aliphatic carboxylic acids is 1. The first-order chi connectivity index (χ1) is 8.66. The Hall–Kier alpha value is -1.82. The van der Waals surface area contributed by atoms with Crippen molar-refractivity contribution in [2.45, 2.75) is 31.5 Å². The molecule has 0 bridgehead atoms. The lowest BCUT2D eigenvalue weighted by molar-refractivity contribution is -0.151. The van der Waals surface area contributed by atoms with Gasteiger partial charge in [0.05, 0.1) is 6.26 Å². The first-order valence-corrected chi connectivity index (χ1v) is 5.85. The van der Waals surface area contributed by atoms with Gasteiger partial charge < -0.3 is 19.6 Å². The molecule has 1 amide bonds.